The molecule has 3 rings (SSSR count). The van der Waals surface area contributed by atoms with Crippen molar-refractivity contribution in [3.05, 3.63) is 11.6 Å². The molecule has 1 N–H and O–H groups in total. The molecule has 1 aliphatic heterocycles. The number of piperazine rings is 1. The molecule has 0 aromatic heterocycles. The number of rotatable bonds is 4. The third-order valence-electron chi connectivity index (χ3n) is 5.03. The first-order chi connectivity index (χ1) is 10.2. The summed E-state index contributed by atoms with van der Waals surface area (Å²) in [4.78, 5) is 27.1. The van der Waals surface area contributed by atoms with Crippen LogP contribution in [0.3, 0.4) is 0 Å². The van der Waals surface area contributed by atoms with Gasteiger partial charge in [-0.1, -0.05) is 36.9 Å². The number of amides is 2. The van der Waals surface area contributed by atoms with Crippen molar-refractivity contribution in [1.29, 1.82) is 0 Å². The first kappa shape index (κ1) is 14.9. The molecular weight excluding hydrogens is 288 g/mol. The minimum absolute atomic E-state index is 0.0376. The monoisotopic (exact) mass is 310 g/mol. The van der Waals surface area contributed by atoms with Gasteiger partial charge in [0.05, 0.1) is 0 Å². The number of carbonyl (C=O) groups excluding carboxylic acids is 2. The number of hydrogen-bond acceptors (Lipinski definition) is 2. The van der Waals surface area contributed by atoms with Crippen molar-refractivity contribution in [2.75, 3.05) is 6.54 Å². The molecule has 2 atom stereocenters. The zero-order valence-electron chi connectivity index (χ0n) is 12.3. The van der Waals surface area contributed by atoms with Gasteiger partial charge in [0.2, 0.25) is 11.8 Å². The molecule has 3 fully saturated rings. The van der Waals surface area contributed by atoms with Gasteiger partial charge in [0, 0.05) is 12.1 Å². The molecule has 0 aromatic rings. The van der Waals surface area contributed by atoms with Crippen LogP contribution in [0.4, 0.5) is 0 Å². The standard InChI is InChI=1S/C16H23ClN2O2/c17-9-4-10-19-14(12-7-8-12)15(20)18-13(16(19)21)11-5-2-1-3-6-11/h4,9,11-14H,1-3,5-8,10H2,(H,18,20)/b9-4+. The molecule has 0 spiro atoms. The van der Waals surface area contributed by atoms with Crippen LogP contribution in [0.5, 0.6) is 0 Å². The van der Waals surface area contributed by atoms with Crippen molar-refractivity contribution in [3.8, 4) is 0 Å². The number of carbonyl (C=O) groups is 2. The molecular formula is C16H23ClN2O2. The van der Waals surface area contributed by atoms with Crippen LogP contribution in [0.2, 0.25) is 0 Å². The van der Waals surface area contributed by atoms with Gasteiger partial charge in [0.25, 0.3) is 0 Å². The topological polar surface area (TPSA) is 49.4 Å². The number of nitrogens with zero attached hydrogens (tertiary/aromatic N) is 1. The fraction of sp³-hybridized carbons (Fsp3) is 0.750. The Kier molecular flexibility index (Phi) is 4.53. The first-order valence-electron chi connectivity index (χ1n) is 8.08. The van der Waals surface area contributed by atoms with E-state index in [9.17, 15) is 9.59 Å². The first-order valence-corrected chi connectivity index (χ1v) is 8.52. The molecule has 2 saturated carbocycles. The largest absolute Gasteiger partial charge is 0.342 e. The second kappa shape index (κ2) is 6.39. The molecule has 2 unspecified atom stereocenters. The second-order valence-corrected chi connectivity index (χ2v) is 6.77. The maximum atomic E-state index is 12.9. The van der Waals surface area contributed by atoms with Gasteiger partial charge in [-0.15, -0.1) is 0 Å². The Morgan fingerprint density at radius 1 is 1.10 bits per heavy atom. The quantitative estimate of drug-likeness (QED) is 0.867. The fourth-order valence-electron chi connectivity index (χ4n) is 3.78. The summed E-state index contributed by atoms with van der Waals surface area (Å²) in [5.41, 5.74) is 1.43. The van der Waals surface area contributed by atoms with Gasteiger partial charge in [-0.05, 0) is 37.5 Å². The van der Waals surface area contributed by atoms with E-state index in [2.05, 4.69) is 5.32 Å². The van der Waals surface area contributed by atoms with E-state index in [0.29, 0.717) is 18.4 Å². The van der Waals surface area contributed by atoms with Gasteiger partial charge >= 0.3 is 0 Å². The van der Waals surface area contributed by atoms with Crippen LogP contribution in [-0.2, 0) is 9.59 Å². The Morgan fingerprint density at radius 2 is 1.81 bits per heavy atom. The van der Waals surface area contributed by atoms with E-state index in [1.807, 2.05) is 0 Å². The van der Waals surface area contributed by atoms with E-state index < -0.39 is 0 Å². The van der Waals surface area contributed by atoms with Crippen molar-refractivity contribution >= 4 is 23.4 Å². The summed E-state index contributed by atoms with van der Waals surface area (Å²) in [5, 5.41) is 3.03. The van der Waals surface area contributed by atoms with Crippen molar-refractivity contribution in [2.45, 2.75) is 57.0 Å². The highest BCUT2D eigenvalue weighted by molar-refractivity contribution is 6.25. The lowest BCUT2D eigenvalue weighted by atomic mass is 9.82. The summed E-state index contributed by atoms with van der Waals surface area (Å²) in [6, 6.07) is -0.610. The predicted molar refractivity (Wildman–Crippen MR) is 81.7 cm³/mol. The lowest BCUT2D eigenvalue weighted by Gasteiger charge is -2.42. The molecule has 21 heavy (non-hydrogen) atoms. The molecule has 5 heteroatoms. The van der Waals surface area contributed by atoms with Gasteiger partial charge in [0.1, 0.15) is 12.1 Å². The third-order valence-corrected chi connectivity index (χ3v) is 5.21. The molecule has 0 bridgehead atoms. The Labute approximate surface area is 130 Å². The van der Waals surface area contributed by atoms with Gasteiger partial charge < -0.3 is 10.2 Å². The summed E-state index contributed by atoms with van der Waals surface area (Å²) in [6.45, 7) is 0.445. The number of halogens is 1. The van der Waals surface area contributed by atoms with Gasteiger partial charge in [-0.2, -0.15) is 0 Å². The highest BCUT2D eigenvalue weighted by Crippen LogP contribution is 2.38. The average Bonchev–Trinajstić information content (AvgIpc) is 3.33. The highest BCUT2D eigenvalue weighted by Gasteiger charge is 2.49. The van der Waals surface area contributed by atoms with Crippen molar-refractivity contribution in [2.24, 2.45) is 11.8 Å². The summed E-state index contributed by atoms with van der Waals surface area (Å²) < 4.78 is 0. The van der Waals surface area contributed by atoms with E-state index in [1.165, 1.54) is 12.0 Å². The summed E-state index contributed by atoms with van der Waals surface area (Å²) >= 11 is 5.61. The van der Waals surface area contributed by atoms with Crippen LogP contribution in [0.15, 0.2) is 11.6 Å². The van der Waals surface area contributed by atoms with Crippen molar-refractivity contribution < 1.29 is 9.59 Å². The molecule has 2 amide bonds. The van der Waals surface area contributed by atoms with Crippen LogP contribution < -0.4 is 5.32 Å². The second-order valence-electron chi connectivity index (χ2n) is 6.52. The lowest BCUT2D eigenvalue weighted by molar-refractivity contribution is -0.151. The summed E-state index contributed by atoms with van der Waals surface area (Å²) in [5.74, 6) is 0.770. The van der Waals surface area contributed by atoms with Crippen molar-refractivity contribution in [3.63, 3.8) is 0 Å². The van der Waals surface area contributed by atoms with E-state index in [1.54, 1.807) is 11.0 Å². The van der Waals surface area contributed by atoms with E-state index in [0.717, 1.165) is 38.5 Å². The van der Waals surface area contributed by atoms with Crippen LogP contribution in [0.25, 0.3) is 0 Å². The van der Waals surface area contributed by atoms with E-state index in [-0.39, 0.29) is 23.9 Å². The normalized spacial score (nSPS) is 31.8. The molecule has 2 aliphatic carbocycles. The van der Waals surface area contributed by atoms with Crippen LogP contribution in [0, 0.1) is 11.8 Å². The van der Waals surface area contributed by atoms with Gasteiger partial charge in [-0.25, -0.2) is 0 Å². The van der Waals surface area contributed by atoms with Gasteiger partial charge in [-0.3, -0.25) is 9.59 Å². The maximum Gasteiger partial charge on any atom is 0.246 e. The average molecular weight is 311 g/mol. The minimum atomic E-state index is -0.323. The Balaban J connectivity index is 1.78. The molecule has 1 heterocycles. The maximum absolute atomic E-state index is 12.9. The summed E-state index contributed by atoms with van der Waals surface area (Å²) in [6.07, 6.45) is 9.51. The SMILES string of the molecule is O=C1NC(C2CCCCC2)C(=O)N(C/C=C/Cl)C1C1CC1. The minimum Gasteiger partial charge on any atom is -0.342 e. The lowest BCUT2D eigenvalue weighted by Crippen LogP contribution is -2.65. The Bertz CT molecular complexity index is 442. The predicted octanol–water partition coefficient (Wildman–Crippen LogP) is 2.42. The molecule has 0 aromatic carbocycles. The third kappa shape index (κ3) is 3.10. The zero-order valence-corrected chi connectivity index (χ0v) is 13.0. The van der Waals surface area contributed by atoms with Gasteiger partial charge in [0.15, 0.2) is 0 Å². The molecule has 4 nitrogen and oxygen atoms in total. The van der Waals surface area contributed by atoms with E-state index in [4.69, 9.17) is 11.6 Å². The fourth-order valence-corrected chi connectivity index (χ4v) is 3.86. The molecule has 0 radical (unpaired) electrons. The number of nitrogens with one attached hydrogen (secondary N) is 1. The zero-order chi connectivity index (χ0) is 14.8. The Morgan fingerprint density at radius 3 is 2.43 bits per heavy atom. The van der Waals surface area contributed by atoms with Crippen molar-refractivity contribution in [1.82, 2.24) is 10.2 Å². The molecule has 1 saturated heterocycles. The van der Waals surface area contributed by atoms with E-state index >= 15 is 0 Å². The molecule has 116 valence electrons. The smallest absolute Gasteiger partial charge is 0.246 e. The number of hydrogen-bond donors (Lipinski definition) is 1. The van der Waals surface area contributed by atoms with Crippen LogP contribution in [-0.4, -0.2) is 35.3 Å². The highest BCUT2D eigenvalue weighted by atomic mass is 35.5. The molecule has 3 aliphatic rings. The Hall–Kier alpha value is -1.03. The van der Waals surface area contributed by atoms with Crippen LogP contribution >= 0.6 is 11.6 Å². The van der Waals surface area contributed by atoms with Crippen LogP contribution in [0.1, 0.15) is 44.9 Å². The summed E-state index contributed by atoms with van der Waals surface area (Å²) in [7, 11) is 0.